The lowest BCUT2D eigenvalue weighted by atomic mass is 9.84. The third-order valence-corrected chi connectivity index (χ3v) is 5.10. The number of benzene rings is 1. The number of likely N-dealkylation sites (tertiary alicyclic amines) is 1. The van der Waals surface area contributed by atoms with Crippen molar-refractivity contribution in [3.05, 3.63) is 36.5 Å². The van der Waals surface area contributed by atoms with Gasteiger partial charge in [0.2, 0.25) is 5.91 Å². The van der Waals surface area contributed by atoms with E-state index < -0.39 is 0 Å². The number of aromatic nitrogens is 1. The third-order valence-electron chi connectivity index (χ3n) is 5.10. The summed E-state index contributed by atoms with van der Waals surface area (Å²) in [7, 11) is 0. The van der Waals surface area contributed by atoms with Crippen molar-refractivity contribution in [1.29, 1.82) is 0 Å². The van der Waals surface area contributed by atoms with Crippen LogP contribution in [0.4, 0.5) is 0 Å². The van der Waals surface area contributed by atoms with Crippen molar-refractivity contribution in [3.8, 4) is 5.75 Å². The molecule has 1 aliphatic heterocycles. The molecule has 1 amide bonds. The summed E-state index contributed by atoms with van der Waals surface area (Å²) in [5, 5.41) is 1.10. The lowest BCUT2D eigenvalue weighted by molar-refractivity contribution is -0.140. The van der Waals surface area contributed by atoms with Gasteiger partial charge in [-0.25, -0.2) is 0 Å². The van der Waals surface area contributed by atoms with Crippen LogP contribution in [0, 0.1) is 5.92 Å². The molecule has 2 aromatic rings. The minimum Gasteiger partial charge on any atom is -0.488 e. The van der Waals surface area contributed by atoms with Crippen LogP contribution in [-0.2, 0) is 4.79 Å². The Morgan fingerprint density at radius 1 is 1.09 bits per heavy atom. The van der Waals surface area contributed by atoms with Crippen LogP contribution in [0.25, 0.3) is 10.9 Å². The van der Waals surface area contributed by atoms with Gasteiger partial charge in [0.1, 0.15) is 17.4 Å². The van der Waals surface area contributed by atoms with Crippen LogP contribution < -0.4 is 4.74 Å². The van der Waals surface area contributed by atoms with Crippen molar-refractivity contribution in [1.82, 2.24) is 9.88 Å². The number of ether oxygens (including phenoxy) is 1. The van der Waals surface area contributed by atoms with Crippen molar-refractivity contribution in [3.63, 3.8) is 0 Å². The van der Waals surface area contributed by atoms with E-state index in [4.69, 9.17) is 4.74 Å². The Morgan fingerprint density at radius 2 is 1.87 bits per heavy atom. The molecule has 120 valence electrons. The molecule has 0 unspecified atom stereocenters. The third kappa shape index (κ3) is 2.90. The second kappa shape index (κ2) is 6.19. The zero-order valence-electron chi connectivity index (χ0n) is 13.3. The molecule has 2 aliphatic rings. The van der Waals surface area contributed by atoms with E-state index in [9.17, 15) is 4.79 Å². The molecule has 2 fully saturated rings. The van der Waals surface area contributed by atoms with Crippen LogP contribution in [0.2, 0.25) is 0 Å². The number of carbonyl (C=O) groups is 1. The Kier molecular flexibility index (Phi) is 3.90. The Labute approximate surface area is 136 Å². The minimum absolute atomic E-state index is 0.174. The van der Waals surface area contributed by atoms with Gasteiger partial charge in [-0.15, -0.1) is 0 Å². The monoisotopic (exact) mass is 310 g/mol. The molecule has 0 atom stereocenters. The maximum Gasteiger partial charge on any atom is 0.225 e. The second-order valence-electron chi connectivity index (χ2n) is 6.60. The van der Waals surface area contributed by atoms with Crippen molar-refractivity contribution in [2.75, 3.05) is 13.1 Å². The van der Waals surface area contributed by atoms with Crippen molar-refractivity contribution in [2.24, 2.45) is 5.92 Å². The van der Waals surface area contributed by atoms with Gasteiger partial charge >= 0.3 is 0 Å². The van der Waals surface area contributed by atoms with E-state index in [2.05, 4.69) is 17.1 Å². The highest BCUT2D eigenvalue weighted by atomic mass is 16.5. The minimum atomic E-state index is 0.174. The molecule has 2 heterocycles. The number of hydrogen-bond acceptors (Lipinski definition) is 3. The van der Waals surface area contributed by atoms with Crippen LogP contribution in [0.3, 0.4) is 0 Å². The van der Waals surface area contributed by atoms with E-state index in [0.717, 1.165) is 55.4 Å². The molecule has 1 aliphatic carbocycles. The summed E-state index contributed by atoms with van der Waals surface area (Å²) in [6, 6.07) is 10.0. The van der Waals surface area contributed by atoms with Gasteiger partial charge in [0.15, 0.2) is 0 Å². The number of hydrogen-bond donors (Lipinski definition) is 0. The zero-order valence-corrected chi connectivity index (χ0v) is 13.3. The number of carbonyl (C=O) groups excluding carboxylic acids is 1. The van der Waals surface area contributed by atoms with E-state index in [1.54, 1.807) is 6.20 Å². The Bertz CT molecular complexity index is 698. The smallest absolute Gasteiger partial charge is 0.225 e. The number of piperidine rings is 1. The van der Waals surface area contributed by atoms with E-state index in [1.807, 2.05) is 23.1 Å². The summed E-state index contributed by atoms with van der Waals surface area (Å²) in [6.45, 7) is 1.64. The first-order chi connectivity index (χ1) is 11.3. The van der Waals surface area contributed by atoms with Crippen LogP contribution in [0.15, 0.2) is 36.5 Å². The van der Waals surface area contributed by atoms with Crippen molar-refractivity contribution >= 4 is 16.8 Å². The SMILES string of the molecule is O=C(C1CCC1)N1CCC(Oc2cccc3cccnc23)CC1. The average molecular weight is 310 g/mol. The Balaban J connectivity index is 1.40. The number of nitrogens with zero attached hydrogens (tertiary/aromatic N) is 2. The van der Waals surface area contributed by atoms with Crippen LogP contribution in [0.5, 0.6) is 5.75 Å². The highest BCUT2D eigenvalue weighted by Gasteiger charge is 2.32. The predicted octanol–water partition coefficient (Wildman–Crippen LogP) is 3.40. The molecule has 0 spiro atoms. The molecule has 0 radical (unpaired) electrons. The average Bonchev–Trinajstić information content (AvgIpc) is 2.54. The van der Waals surface area contributed by atoms with Gasteiger partial charge in [-0.2, -0.15) is 0 Å². The summed E-state index contributed by atoms with van der Waals surface area (Å²) in [5.74, 6) is 1.52. The highest BCUT2D eigenvalue weighted by Crippen LogP contribution is 2.30. The lowest BCUT2D eigenvalue weighted by Crippen LogP contribution is -2.45. The molecule has 4 rings (SSSR count). The van der Waals surface area contributed by atoms with Gasteiger partial charge in [0.25, 0.3) is 0 Å². The number of fused-ring (bicyclic) bond motifs is 1. The molecule has 1 aromatic heterocycles. The van der Waals surface area contributed by atoms with E-state index in [0.29, 0.717) is 11.8 Å². The first-order valence-corrected chi connectivity index (χ1v) is 8.60. The normalized spacial score (nSPS) is 19.6. The summed E-state index contributed by atoms with van der Waals surface area (Å²) < 4.78 is 6.20. The second-order valence-corrected chi connectivity index (χ2v) is 6.60. The summed E-state index contributed by atoms with van der Waals surface area (Å²) >= 11 is 0. The number of rotatable bonds is 3. The van der Waals surface area contributed by atoms with Crippen LogP contribution in [-0.4, -0.2) is 35.0 Å². The first kappa shape index (κ1) is 14.5. The number of pyridine rings is 1. The fraction of sp³-hybridized carbons (Fsp3) is 0.474. The summed E-state index contributed by atoms with van der Waals surface area (Å²) in [6.07, 6.45) is 7.16. The Morgan fingerprint density at radius 3 is 2.61 bits per heavy atom. The molecule has 0 bridgehead atoms. The predicted molar refractivity (Wildman–Crippen MR) is 89.3 cm³/mol. The van der Waals surface area contributed by atoms with Crippen molar-refractivity contribution < 1.29 is 9.53 Å². The molecule has 1 aromatic carbocycles. The fourth-order valence-electron chi connectivity index (χ4n) is 3.46. The van der Waals surface area contributed by atoms with Gasteiger partial charge in [-0.1, -0.05) is 24.6 Å². The van der Waals surface area contributed by atoms with Gasteiger partial charge in [-0.05, 0) is 25.0 Å². The molecule has 0 N–H and O–H groups in total. The molecule has 23 heavy (non-hydrogen) atoms. The quantitative estimate of drug-likeness (QED) is 0.872. The van der Waals surface area contributed by atoms with Crippen molar-refractivity contribution in [2.45, 2.75) is 38.2 Å². The standard InChI is InChI=1S/C19H22N2O2/c22-19(15-5-1-6-15)21-12-9-16(10-13-21)23-17-8-2-4-14-7-3-11-20-18(14)17/h2-4,7-8,11,15-16H,1,5-6,9-10,12-13H2. The number of amides is 1. The topological polar surface area (TPSA) is 42.4 Å². The molecule has 1 saturated heterocycles. The molecular weight excluding hydrogens is 288 g/mol. The van der Waals surface area contributed by atoms with E-state index >= 15 is 0 Å². The van der Waals surface area contributed by atoms with Gasteiger partial charge in [0, 0.05) is 43.4 Å². The van der Waals surface area contributed by atoms with E-state index in [-0.39, 0.29) is 6.10 Å². The maximum atomic E-state index is 12.3. The highest BCUT2D eigenvalue weighted by molar-refractivity contribution is 5.84. The maximum absolute atomic E-state index is 12.3. The number of para-hydroxylation sites is 1. The summed E-state index contributed by atoms with van der Waals surface area (Å²) in [5.41, 5.74) is 0.919. The van der Waals surface area contributed by atoms with Gasteiger partial charge < -0.3 is 9.64 Å². The van der Waals surface area contributed by atoms with Crippen LogP contribution in [0.1, 0.15) is 32.1 Å². The molecule has 4 nitrogen and oxygen atoms in total. The fourth-order valence-corrected chi connectivity index (χ4v) is 3.46. The Hall–Kier alpha value is -2.10. The van der Waals surface area contributed by atoms with Crippen LogP contribution >= 0.6 is 0 Å². The van der Waals surface area contributed by atoms with E-state index in [1.165, 1.54) is 6.42 Å². The largest absolute Gasteiger partial charge is 0.488 e. The van der Waals surface area contributed by atoms with Gasteiger partial charge in [-0.3, -0.25) is 9.78 Å². The molecular formula is C19H22N2O2. The van der Waals surface area contributed by atoms with Gasteiger partial charge in [0.05, 0.1) is 0 Å². The zero-order chi connectivity index (χ0) is 15.6. The molecule has 1 saturated carbocycles. The first-order valence-electron chi connectivity index (χ1n) is 8.60. The molecule has 4 heteroatoms. The lowest BCUT2D eigenvalue weighted by Gasteiger charge is -2.36. The summed E-state index contributed by atoms with van der Waals surface area (Å²) in [4.78, 5) is 18.8.